The topological polar surface area (TPSA) is 29.5 Å². The van der Waals surface area contributed by atoms with E-state index in [-0.39, 0.29) is 35.2 Å². The van der Waals surface area contributed by atoms with Gasteiger partial charge in [-0.1, -0.05) is 72.6 Å². The Labute approximate surface area is 221 Å². The summed E-state index contributed by atoms with van der Waals surface area (Å²) in [5, 5.41) is 10.4. The van der Waals surface area contributed by atoms with Crippen LogP contribution in [0.15, 0.2) is 0 Å². The van der Waals surface area contributed by atoms with Crippen molar-refractivity contribution in [2.24, 2.45) is 17.8 Å². The van der Waals surface area contributed by atoms with E-state index < -0.39 is 0 Å². The molecule has 0 aliphatic carbocycles. The van der Waals surface area contributed by atoms with Crippen LogP contribution in [0.4, 0.5) is 0 Å². The van der Waals surface area contributed by atoms with Gasteiger partial charge in [-0.3, -0.25) is 0 Å². The molecular weight excluding hydrogens is 403 g/mol. The van der Waals surface area contributed by atoms with Crippen molar-refractivity contribution in [3.8, 4) is 11.5 Å². The summed E-state index contributed by atoms with van der Waals surface area (Å²) in [6, 6.07) is 0. The van der Waals surface area contributed by atoms with E-state index in [1.807, 2.05) is 13.8 Å². The first kappa shape index (κ1) is 29.9. The molecule has 1 N–H and O–H groups in total. The second-order valence-electron chi connectivity index (χ2n) is 11.4. The summed E-state index contributed by atoms with van der Waals surface area (Å²) in [5.41, 5.74) is 4.23. The molecule has 0 aromatic heterocycles. The minimum atomic E-state index is -0.0712. The number of ether oxygens (including phenoxy) is 1. The molecule has 2 rings (SSSR count). The van der Waals surface area contributed by atoms with Gasteiger partial charge in [-0.05, 0) is 87.8 Å². The predicted octanol–water partition coefficient (Wildman–Crippen LogP) is 8.19. The van der Waals surface area contributed by atoms with E-state index in [0.717, 1.165) is 59.5 Å². The molecule has 3 heteroatoms. The summed E-state index contributed by atoms with van der Waals surface area (Å²) in [5.74, 6) is 4.04. The van der Waals surface area contributed by atoms with Gasteiger partial charge in [0.1, 0.15) is 17.1 Å². The van der Waals surface area contributed by atoms with Gasteiger partial charge in [0.25, 0.3) is 0 Å². The van der Waals surface area contributed by atoms with Crippen molar-refractivity contribution < 1.29 is 9.84 Å². The molecule has 0 bridgehead atoms. The van der Waals surface area contributed by atoms with Crippen LogP contribution in [-0.4, -0.2) is 40.3 Å². The zero-order chi connectivity index (χ0) is 23.2. The zero-order valence-corrected chi connectivity index (χ0v) is 21.9. The molecule has 0 radical (unpaired) electrons. The van der Waals surface area contributed by atoms with E-state index in [4.69, 9.17) is 4.74 Å². The fourth-order valence-corrected chi connectivity index (χ4v) is 5.27. The van der Waals surface area contributed by atoms with Crippen molar-refractivity contribution in [3.63, 3.8) is 0 Å². The van der Waals surface area contributed by atoms with Gasteiger partial charge < -0.3 is 9.84 Å². The van der Waals surface area contributed by atoms with E-state index in [2.05, 4.69) is 41.5 Å². The Hall–Kier alpha value is -0.180. The van der Waals surface area contributed by atoms with E-state index >= 15 is 0 Å². The van der Waals surface area contributed by atoms with Gasteiger partial charge in [-0.2, -0.15) is 0 Å². The van der Waals surface area contributed by atoms with Gasteiger partial charge >= 0.3 is 29.6 Å². The van der Waals surface area contributed by atoms with Crippen molar-refractivity contribution in [1.29, 1.82) is 0 Å². The standard InChI is InChI=1S/C29H50O2.Na.H/c1-20(2)12-9-13-21(3)14-10-15-22(4)16-11-18-29(8)19-17-26-25(7)27(30)23(5)24(6)28(26)31-29;;/h20-22,30H,9-19H2,1-8H3;;/t21-,22-,29-;;/m1../s1. The third kappa shape index (κ3) is 8.55. The number of benzene rings is 1. The van der Waals surface area contributed by atoms with Crippen LogP contribution in [0.3, 0.4) is 0 Å². The number of hydrogen-bond acceptors (Lipinski definition) is 2. The van der Waals surface area contributed by atoms with Gasteiger partial charge in [0.2, 0.25) is 0 Å². The first-order valence-electron chi connectivity index (χ1n) is 13.0. The maximum atomic E-state index is 10.4. The molecule has 1 aromatic rings. The van der Waals surface area contributed by atoms with Crippen LogP contribution in [0.2, 0.25) is 0 Å². The second kappa shape index (κ2) is 13.6. The quantitative estimate of drug-likeness (QED) is 0.323. The van der Waals surface area contributed by atoms with Crippen LogP contribution in [0.5, 0.6) is 11.5 Å². The average Bonchev–Trinajstić information content (AvgIpc) is 2.70. The molecule has 0 unspecified atom stereocenters. The SMILES string of the molecule is Cc1c(C)c2c(c(C)c1O)CC[C@@](C)(CCC[C@H](C)CCC[C@H](C)CCCC(C)C)O2.[NaH]. The van der Waals surface area contributed by atoms with E-state index in [0.29, 0.717) is 5.75 Å². The van der Waals surface area contributed by atoms with Crippen molar-refractivity contribution in [2.45, 2.75) is 132 Å². The number of aromatic hydroxyl groups is 1. The van der Waals surface area contributed by atoms with Crippen molar-refractivity contribution in [1.82, 2.24) is 0 Å². The average molecular weight is 455 g/mol. The Morgan fingerprint density at radius 1 is 0.812 bits per heavy atom. The Bertz CT molecular complexity index is 712. The van der Waals surface area contributed by atoms with Crippen LogP contribution in [-0.2, 0) is 6.42 Å². The fraction of sp³-hybridized carbons (Fsp3) is 0.793. The number of phenols is 1. The summed E-state index contributed by atoms with van der Waals surface area (Å²) < 4.78 is 6.60. The van der Waals surface area contributed by atoms with Crippen LogP contribution in [0.25, 0.3) is 0 Å². The van der Waals surface area contributed by atoms with Crippen LogP contribution in [0.1, 0.15) is 121 Å². The molecule has 3 atom stereocenters. The zero-order valence-electron chi connectivity index (χ0n) is 21.9. The summed E-state index contributed by atoms with van der Waals surface area (Å²) in [6.07, 6.45) is 14.1. The fourth-order valence-electron chi connectivity index (χ4n) is 5.27. The first-order valence-corrected chi connectivity index (χ1v) is 13.0. The van der Waals surface area contributed by atoms with Gasteiger partial charge in [0.15, 0.2) is 0 Å². The molecule has 0 saturated carbocycles. The Balaban J connectivity index is 0.00000512. The molecule has 1 aromatic carbocycles. The summed E-state index contributed by atoms with van der Waals surface area (Å²) in [6.45, 7) is 17.9. The summed E-state index contributed by atoms with van der Waals surface area (Å²) in [7, 11) is 0. The molecular formula is C29H51NaO2. The molecule has 1 heterocycles. The maximum absolute atomic E-state index is 10.4. The molecule has 0 amide bonds. The molecule has 1 aliphatic rings. The van der Waals surface area contributed by atoms with Crippen LogP contribution < -0.4 is 4.74 Å². The molecule has 2 nitrogen and oxygen atoms in total. The minimum absolute atomic E-state index is 0. The third-order valence-corrected chi connectivity index (χ3v) is 7.87. The van der Waals surface area contributed by atoms with E-state index in [9.17, 15) is 5.11 Å². The molecule has 0 fully saturated rings. The molecule has 1 aliphatic heterocycles. The number of rotatable bonds is 12. The second-order valence-corrected chi connectivity index (χ2v) is 11.4. The van der Waals surface area contributed by atoms with Crippen LogP contribution in [0, 0.1) is 38.5 Å². The summed E-state index contributed by atoms with van der Waals surface area (Å²) in [4.78, 5) is 0. The molecule has 0 spiro atoms. The number of fused-ring (bicyclic) bond motifs is 1. The van der Waals surface area contributed by atoms with Crippen molar-refractivity contribution >= 4 is 29.6 Å². The summed E-state index contributed by atoms with van der Waals surface area (Å²) >= 11 is 0. The number of phenolic OH excluding ortho intramolecular Hbond substituents is 1. The van der Waals surface area contributed by atoms with Crippen molar-refractivity contribution in [2.75, 3.05) is 0 Å². The third-order valence-electron chi connectivity index (χ3n) is 7.87. The Kier molecular flexibility index (Phi) is 12.7. The molecule has 32 heavy (non-hydrogen) atoms. The van der Waals surface area contributed by atoms with Crippen molar-refractivity contribution in [3.05, 3.63) is 22.3 Å². The van der Waals surface area contributed by atoms with E-state index in [1.165, 1.54) is 56.9 Å². The van der Waals surface area contributed by atoms with E-state index in [1.54, 1.807) is 0 Å². The Morgan fingerprint density at radius 3 is 1.91 bits per heavy atom. The van der Waals surface area contributed by atoms with Gasteiger partial charge in [0.05, 0.1) is 0 Å². The first-order chi connectivity index (χ1) is 14.5. The normalized spacial score (nSPS) is 19.8. The van der Waals surface area contributed by atoms with Crippen LogP contribution >= 0.6 is 0 Å². The molecule has 180 valence electrons. The number of hydrogen-bond donors (Lipinski definition) is 1. The van der Waals surface area contributed by atoms with Gasteiger partial charge in [-0.15, -0.1) is 0 Å². The molecule has 0 saturated heterocycles. The monoisotopic (exact) mass is 454 g/mol. The van der Waals surface area contributed by atoms with Gasteiger partial charge in [-0.25, -0.2) is 0 Å². The van der Waals surface area contributed by atoms with Gasteiger partial charge in [0, 0.05) is 5.56 Å². The Morgan fingerprint density at radius 2 is 1.34 bits per heavy atom. The predicted molar refractivity (Wildman–Crippen MR) is 142 cm³/mol.